The molecule has 0 unspecified atom stereocenters. The summed E-state index contributed by atoms with van der Waals surface area (Å²) in [7, 11) is 0. The number of amides is 3. The summed E-state index contributed by atoms with van der Waals surface area (Å²) in [4.78, 5) is 39.3. The molecule has 0 atom stereocenters. The van der Waals surface area contributed by atoms with Crippen molar-refractivity contribution in [2.75, 3.05) is 26.3 Å². The maximum atomic E-state index is 12.9. The normalized spacial score (nSPS) is 14.5. The molecule has 0 aromatic heterocycles. The third-order valence-electron chi connectivity index (χ3n) is 5.98. The number of carbonyl (C=O) groups excluding carboxylic acids is 3. The van der Waals surface area contributed by atoms with E-state index < -0.39 is 0 Å². The molecule has 168 valence electrons. The average Bonchev–Trinajstić information content (AvgIpc) is 2.84. The Morgan fingerprint density at radius 1 is 0.909 bits per heavy atom. The standard InChI is InChI=1S/C26H24N2O5/c29-23(27-12-11-17-9-10-21-22(16-17)33-15-14-32-21)8-3-13-28-25(30)19-6-1-4-18-5-2-7-20(24(18)19)26(28)31/h1-2,4-7,9-10,16H,3,8,11-15H2,(H,27,29). The first-order valence-electron chi connectivity index (χ1n) is 11.1. The van der Waals surface area contributed by atoms with Crippen molar-refractivity contribution in [3.05, 3.63) is 71.3 Å². The molecule has 0 radical (unpaired) electrons. The summed E-state index contributed by atoms with van der Waals surface area (Å²) in [5.41, 5.74) is 2.12. The number of fused-ring (bicyclic) bond motifs is 1. The third kappa shape index (κ3) is 4.14. The van der Waals surface area contributed by atoms with Gasteiger partial charge in [0.05, 0.1) is 0 Å². The molecule has 1 N–H and O–H groups in total. The summed E-state index contributed by atoms with van der Waals surface area (Å²) in [6, 6.07) is 16.7. The molecule has 2 aliphatic rings. The number of hydrogen-bond acceptors (Lipinski definition) is 5. The van der Waals surface area contributed by atoms with E-state index in [2.05, 4.69) is 5.32 Å². The zero-order valence-electron chi connectivity index (χ0n) is 18.1. The van der Waals surface area contributed by atoms with Crippen molar-refractivity contribution in [3.63, 3.8) is 0 Å². The number of benzene rings is 3. The molecule has 0 bridgehead atoms. The van der Waals surface area contributed by atoms with Gasteiger partial charge >= 0.3 is 0 Å². The first-order chi connectivity index (χ1) is 16.1. The lowest BCUT2D eigenvalue weighted by Crippen LogP contribution is -2.41. The smallest absolute Gasteiger partial charge is 0.261 e. The average molecular weight is 444 g/mol. The van der Waals surface area contributed by atoms with Crippen LogP contribution in [0.15, 0.2) is 54.6 Å². The van der Waals surface area contributed by atoms with Crippen LogP contribution in [0.5, 0.6) is 11.5 Å². The lowest BCUT2D eigenvalue weighted by atomic mass is 9.94. The Balaban J connectivity index is 1.12. The lowest BCUT2D eigenvalue weighted by Gasteiger charge is -2.27. The molecule has 0 spiro atoms. The van der Waals surface area contributed by atoms with Gasteiger partial charge in [-0.3, -0.25) is 19.3 Å². The van der Waals surface area contributed by atoms with E-state index in [0.717, 1.165) is 22.4 Å². The molecule has 5 rings (SSSR count). The van der Waals surface area contributed by atoms with Crippen LogP contribution in [0.25, 0.3) is 10.8 Å². The summed E-state index contributed by atoms with van der Waals surface area (Å²) >= 11 is 0. The van der Waals surface area contributed by atoms with Crippen molar-refractivity contribution in [2.45, 2.75) is 19.3 Å². The highest BCUT2D eigenvalue weighted by molar-refractivity contribution is 6.25. The van der Waals surface area contributed by atoms with Gasteiger partial charge in [0, 0.05) is 36.0 Å². The van der Waals surface area contributed by atoms with Crippen LogP contribution in [-0.2, 0) is 11.2 Å². The number of nitrogens with one attached hydrogen (secondary N) is 1. The summed E-state index contributed by atoms with van der Waals surface area (Å²) in [6.45, 7) is 1.79. The molecule has 2 aliphatic heterocycles. The Labute approximate surface area is 191 Å². The fraction of sp³-hybridized carbons (Fsp3) is 0.269. The van der Waals surface area contributed by atoms with Crippen molar-refractivity contribution in [2.24, 2.45) is 0 Å². The van der Waals surface area contributed by atoms with E-state index in [-0.39, 0.29) is 30.7 Å². The Morgan fingerprint density at radius 3 is 2.33 bits per heavy atom. The number of ether oxygens (including phenoxy) is 2. The van der Waals surface area contributed by atoms with Crippen molar-refractivity contribution < 1.29 is 23.9 Å². The quantitative estimate of drug-likeness (QED) is 0.565. The van der Waals surface area contributed by atoms with Crippen LogP contribution in [0, 0.1) is 0 Å². The van der Waals surface area contributed by atoms with E-state index in [4.69, 9.17) is 9.47 Å². The molecule has 3 amide bonds. The summed E-state index contributed by atoms with van der Waals surface area (Å²) in [5.74, 6) is 0.770. The second kappa shape index (κ2) is 8.94. The molecular formula is C26H24N2O5. The van der Waals surface area contributed by atoms with Crippen LogP contribution in [0.3, 0.4) is 0 Å². The second-order valence-corrected chi connectivity index (χ2v) is 8.15. The SMILES string of the molecule is O=C(CCCN1C(=O)c2cccc3cccc(c23)C1=O)NCCc1ccc2c(c1)OCCO2. The van der Waals surface area contributed by atoms with Crippen molar-refractivity contribution in [3.8, 4) is 11.5 Å². The predicted octanol–water partition coefficient (Wildman–Crippen LogP) is 3.35. The third-order valence-corrected chi connectivity index (χ3v) is 5.98. The first kappa shape index (κ1) is 21.0. The van der Waals surface area contributed by atoms with Gasteiger partial charge in [-0.2, -0.15) is 0 Å². The second-order valence-electron chi connectivity index (χ2n) is 8.15. The molecular weight excluding hydrogens is 420 g/mol. The minimum atomic E-state index is -0.302. The Morgan fingerprint density at radius 2 is 1.61 bits per heavy atom. The van der Waals surface area contributed by atoms with E-state index in [9.17, 15) is 14.4 Å². The molecule has 3 aromatic carbocycles. The van der Waals surface area contributed by atoms with Crippen LogP contribution >= 0.6 is 0 Å². The van der Waals surface area contributed by atoms with Gasteiger partial charge in [-0.25, -0.2) is 0 Å². The molecule has 0 aliphatic carbocycles. The minimum absolute atomic E-state index is 0.105. The van der Waals surface area contributed by atoms with E-state index in [1.54, 1.807) is 12.1 Å². The molecule has 2 heterocycles. The molecule has 0 saturated heterocycles. The van der Waals surface area contributed by atoms with Crippen molar-refractivity contribution in [1.82, 2.24) is 10.2 Å². The van der Waals surface area contributed by atoms with Gasteiger partial charge in [-0.1, -0.05) is 30.3 Å². The lowest BCUT2D eigenvalue weighted by molar-refractivity contribution is -0.121. The number of carbonyl (C=O) groups is 3. The van der Waals surface area contributed by atoms with E-state index >= 15 is 0 Å². The summed E-state index contributed by atoms with van der Waals surface area (Å²) in [5, 5.41) is 4.49. The van der Waals surface area contributed by atoms with Gasteiger partial charge < -0.3 is 14.8 Å². The largest absolute Gasteiger partial charge is 0.486 e. The monoisotopic (exact) mass is 444 g/mol. The maximum Gasteiger partial charge on any atom is 0.261 e. The molecule has 33 heavy (non-hydrogen) atoms. The fourth-order valence-corrected chi connectivity index (χ4v) is 4.36. The van der Waals surface area contributed by atoms with Gasteiger partial charge in [-0.05, 0) is 48.1 Å². The zero-order valence-corrected chi connectivity index (χ0v) is 18.1. The molecule has 3 aromatic rings. The molecule has 0 fully saturated rings. The van der Waals surface area contributed by atoms with Crippen LogP contribution < -0.4 is 14.8 Å². The number of nitrogens with zero attached hydrogens (tertiary/aromatic N) is 1. The number of rotatable bonds is 7. The Bertz CT molecular complexity index is 1200. The van der Waals surface area contributed by atoms with E-state index in [1.165, 1.54) is 4.90 Å². The zero-order chi connectivity index (χ0) is 22.8. The molecule has 7 heteroatoms. The Hall–Kier alpha value is -3.87. The van der Waals surface area contributed by atoms with Crippen LogP contribution in [0.4, 0.5) is 0 Å². The minimum Gasteiger partial charge on any atom is -0.486 e. The van der Waals surface area contributed by atoms with Crippen molar-refractivity contribution >= 4 is 28.5 Å². The van der Waals surface area contributed by atoms with Crippen LogP contribution in [-0.4, -0.2) is 48.9 Å². The van der Waals surface area contributed by atoms with Gasteiger partial charge in [0.1, 0.15) is 13.2 Å². The van der Waals surface area contributed by atoms with Gasteiger partial charge in [-0.15, -0.1) is 0 Å². The van der Waals surface area contributed by atoms with Gasteiger partial charge in [0.25, 0.3) is 11.8 Å². The number of hydrogen-bond donors (Lipinski definition) is 1. The first-order valence-corrected chi connectivity index (χ1v) is 11.1. The fourth-order valence-electron chi connectivity index (χ4n) is 4.36. The molecule has 0 saturated carbocycles. The van der Waals surface area contributed by atoms with E-state index in [1.807, 2.05) is 42.5 Å². The maximum absolute atomic E-state index is 12.9. The highest BCUT2D eigenvalue weighted by Gasteiger charge is 2.32. The summed E-state index contributed by atoms with van der Waals surface area (Å²) < 4.78 is 11.1. The van der Waals surface area contributed by atoms with Crippen LogP contribution in [0.1, 0.15) is 39.1 Å². The Kier molecular flexibility index (Phi) is 5.69. The predicted molar refractivity (Wildman–Crippen MR) is 123 cm³/mol. The van der Waals surface area contributed by atoms with Gasteiger partial charge in [0.15, 0.2) is 11.5 Å². The van der Waals surface area contributed by atoms with Gasteiger partial charge in [0.2, 0.25) is 5.91 Å². The highest BCUT2D eigenvalue weighted by atomic mass is 16.6. The van der Waals surface area contributed by atoms with Crippen LogP contribution in [0.2, 0.25) is 0 Å². The van der Waals surface area contributed by atoms with E-state index in [0.29, 0.717) is 49.1 Å². The summed E-state index contributed by atoms with van der Waals surface area (Å²) in [6.07, 6.45) is 1.32. The molecule has 7 nitrogen and oxygen atoms in total. The topological polar surface area (TPSA) is 84.9 Å². The number of imide groups is 1. The highest BCUT2D eigenvalue weighted by Crippen LogP contribution is 2.31. The van der Waals surface area contributed by atoms with Crippen molar-refractivity contribution in [1.29, 1.82) is 0 Å².